The van der Waals surface area contributed by atoms with Crippen molar-refractivity contribution in [2.75, 3.05) is 6.54 Å². The molecule has 0 amide bonds. The summed E-state index contributed by atoms with van der Waals surface area (Å²) in [5, 5.41) is 0. The fourth-order valence-corrected chi connectivity index (χ4v) is 4.11. The third-order valence-corrected chi connectivity index (χ3v) is 5.39. The third-order valence-electron chi connectivity index (χ3n) is 5.39. The Morgan fingerprint density at radius 3 is 2.47 bits per heavy atom. The summed E-state index contributed by atoms with van der Waals surface area (Å²) in [4.78, 5) is 0. The van der Waals surface area contributed by atoms with E-state index in [2.05, 4.69) is 13.8 Å². The van der Waals surface area contributed by atoms with Crippen LogP contribution in [-0.4, -0.2) is 18.2 Å². The second-order valence-corrected chi connectivity index (χ2v) is 7.13. The Morgan fingerprint density at radius 2 is 1.89 bits per heavy atom. The molecule has 2 aliphatic rings. The highest BCUT2D eigenvalue weighted by Crippen LogP contribution is 2.39. The van der Waals surface area contributed by atoms with Gasteiger partial charge < -0.3 is 10.5 Å². The molecule has 2 fully saturated rings. The second-order valence-electron chi connectivity index (χ2n) is 7.13. The van der Waals surface area contributed by atoms with Crippen LogP contribution < -0.4 is 5.73 Å². The summed E-state index contributed by atoms with van der Waals surface area (Å²) >= 11 is 0. The number of hydrogen-bond acceptors (Lipinski definition) is 2. The third kappa shape index (κ3) is 4.19. The lowest BCUT2D eigenvalue weighted by Gasteiger charge is -2.43. The summed E-state index contributed by atoms with van der Waals surface area (Å²) < 4.78 is 6.54. The van der Waals surface area contributed by atoms with Gasteiger partial charge in [0.1, 0.15) is 0 Å². The minimum Gasteiger partial charge on any atom is -0.370 e. The topological polar surface area (TPSA) is 35.2 Å². The summed E-state index contributed by atoms with van der Waals surface area (Å²) in [5.41, 5.74) is 6.10. The van der Waals surface area contributed by atoms with Crippen LogP contribution in [0, 0.1) is 11.8 Å². The van der Waals surface area contributed by atoms with Crippen molar-refractivity contribution in [1.82, 2.24) is 0 Å². The molecule has 0 heterocycles. The van der Waals surface area contributed by atoms with Crippen molar-refractivity contribution in [3.63, 3.8) is 0 Å². The number of ether oxygens (including phenoxy) is 1. The van der Waals surface area contributed by atoms with Crippen molar-refractivity contribution in [1.29, 1.82) is 0 Å². The highest BCUT2D eigenvalue weighted by Gasteiger charge is 2.37. The summed E-state index contributed by atoms with van der Waals surface area (Å²) in [7, 11) is 0. The van der Waals surface area contributed by atoms with E-state index in [0.717, 1.165) is 18.4 Å². The van der Waals surface area contributed by atoms with Crippen LogP contribution in [0.15, 0.2) is 0 Å². The van der Waals surface area contributed by atoms with Gasteiger partial charge in [-0.2, -0.15) is 0 Å². The van der Waals surface area contributed by atoms with Gasteiger partial charge in [0.15, 0.2) is 0 Å². The molecular weight excluding hydrogens is 234 g/mol. The first-order valence-electron chi connectivity index (χ1n) is 8.55. The lowest BCUT2D eigenvalue weighted by molar-refractivity contribution is -0.128. The van der Waals surface area contributed by atoms with Gasteiger partial charge >= 0.3 is 0 Å². The molecule has 2 atom stereocenters. The molecule has 2 saturated carbocycles. The van der Waals surface area contributed by atoms with E-state index < -0.39 is 0 Å². The maximum Gasteiger partial charge on any atom is 0.0808 e. The average Bonchev–Trinajstić information content (AvgIpc) is 2.42. The second kappa shape index (κ2) is 7.08. The molecule has 2 heteroatoms. The van der Waals surface area contributed by atoms with E-state index in [4.69, 9.17) is 10.5 Å². The molecule has 2 N–H and O–H groups in total. The quantitative estimate of drug-likeness (QED) is 0.807. The smallest absolute Gasteiger partial charge is 0.0808 e. The van der Waals surface area contributed by atoms with Crippen molar-refractivity contribution in [2.45, 2.75) is 89.8 Å². The summed E-state index contributed by atoms with van der Waals surface area (Å²) in [5.74, 6) is 1.77. The number of rotatable bonds is 5. The summed E-state index contributed by atoms with van der Waals surface area (Å²) in [6.45, 7) is 5.38. The molecular formula is C17H33NO. The van der Waals surface area contributed by atoms with Crippen LogP contribution >= 0.6 is 0 Å². The van der Waals surface area contributed by atoms with E-state index in [1.165, 1.54) is 64.2 Å². The first kappa shape index (κ1) is 15.3. The SMILES string of the molecule is CCCC1CCC(CN)(OC2CCCC(C)C2)CC1. The largest absolute Gasteiger partial charge is 0.370 e. The Balaban J connectivity index is 1.85. The summed E-state index contributed by atoms with van der Waals surface area (Å²) in [6, 6.07) is 0. The molecule has 0 radical (unpaired) electrons. The zero-order valence-corrected chi connectivity index (χ0v) is 13.0. The fraction of sp³-hybridized carbons (Fsp3) is 1.00. The van der Waals surface area contributed by atoms with Crippen LogP contribution in [0.25, 0.3) is 0 Å². The molecule has 0 aromatic carbocycles. The fourth-order valence-electron chi connectivity index (χ4n) is 4.11. The molecule has 2 rings (SSSR count). The minimum absolute atomic E-state index is 0.0198. The number of hydrogen-bond donors (Lipinski definition) is 1. The van der Waals surface area contributed by atoms with Crippen molar-refractivity contribution in [3.8, 4) is 0 Å². The van der Waals surface area contributed by atoms with Crippen LogP contribution in [0.1, 0.15) is 78.1 Å². The Labute approximate surface area is 119 Å². The normalized spacial score (nSPS) is 40.3. The Bertz CT molecular complexity index is 258. The van der Waals surface area contributed by atoms with Crippen molar-refractivity contribution >= 4 is 0 Å². The van der Waals surface area contributed by atoms with E-state index in [-0.39, 0.29) is 5.60 Å². The molecule has 0 saturated heterocycles. The molecule has 19 heavy (non-hydrogen) atoms. The van der Waals surface area contributed by atoms with Crippen molar-refractivity contribution in [3.05, 3.63) is 0 Å². The Hall–Kier alpha value is -0.0800. The van der Waals surface area contributed by atoms with Gasteiger partial charge in [0.05, 0.1) is 11.7 Å². The van der Waals surface area contributed by atoms with Crippen LogP contribution in [-0.2, 0) is 4.74 Å². The molecule has 112 valence electrons. The molecule has 0 aromatic rings. The number of nitrogens with two attached hydrogens (primary N) is 1. The van der Waals surface area contributed by atoms with E-state index >= 15 is 0 Å². The van der Waals surface area contributed by atoms with Gasteiger partial charge in [0, 0.05) is 6.54 Å². The average molecular weight is 267 g/mol. The summed E-state index contributed by atoms with van der Waals surface area (Å²) in [6.07, 6.45) is 13.5. The van der Waals surface area contributed by atoms with E-state index in [9.17, 15) is 0 Å². The molecule has 2 aliphatic carbocycles. The molecule has 2 unspecified atom stereocenters. The highest BCUT2D eigenvalue weighted by atomic mass is 16.5. The molecule has 0 aliphatic heterocycles. The van der Waals surface area contributed by atoms with E-state index in [1.54, 1.807) is 0 Å². The Morgan fingerprint density at radius 1 is 1.16 bits per heavy atom. The lowest BCUT2D eigenvalue weighted by Crippen LogP contribution is -2.47. The first-order valence-corrected chi connectivity index (χ1v) is 8.55. The maximum atomic E-state index is 6.54. The minimum atomic E-state index is 0.0198. The Kier molecular flexibility index (Phi) is 5.70. The zero-order valence-electron chi connectivity index (χ0n) is 13.0. The van der Waals surface area contributed by atoms with Crippen molar-refractivity contribution in [2.24, 2.45) is 17.6 Å². The predicted octanol–water partition coefficient (Wildman–Crippen LogP) is 4.27. The van der Waals surface area contributed by atoms with E-state index in [1.807, 2.05) is 0 Å². The van der Waals surface area contributed by atoms with Gasteiger partial charge in [0.25, 0.3) is 0 Å². The molecule has 0 aromatic heterocycles. The van der Waals surface area contributed by atoms with Gasteiger partial charge in [-0.05, 0) is 50.4 Å². The lowest BCUT2D eigenvalue weighted by atomic mass is 9.76. The van der Waals surface area contributed by atoms with Gasteiger partial charge in [-0.15, -0.1) is 0 Å². The van der Waals surface area contributed by atoms with Crippen LogP contribution in [0.3, 0.4) is 0 Å². The molecule has 0 bridgehead atoms. The van der Waals surface area contributed by atoms with Gasteiger partial charge in [0.2, 0.25) is 0 Å². The first-order chi connectivity index (χ1) is 9.17. The standard InChI is InChI=1S/C17H33NO/c1-3-5-15-8-10-17(13-18,11-9-15)19-16-7-4-6-14(2)12-16/h14-16H,3-13,18H2,1-2H3. The maximum absolute atomic E-state index is 6.54. The van der Waals surface area contributed by atoms with Crippen molar-refractivity contribution < 1.29 is 4.74 Å². The van der Waals surface area contributed by atoms with Crippen LogP contribution in [0.5, 0.6) is 0 Å². The zero-order chi connectivity index (χ0) is 13.7. The monoisotopic (exact) mass is 267 g/mol. The molecule has 2 nitrogen and oxygen atoms in total. The highest BCUT2D eigenvalue weighted by molar-refractivity contribution is 4.90. The molecule has 0 spiro atoms. The van der Waals surface area contributed by atoms with Gasteiger partial charge in [-0.25, -0.2) is 0 Å². The van der Waals surface area contributed by atoms with Crippen LogP contribution in [0.4, 0.5) is 0 Å². The van der Waals surface area contributed by atoms with E-state index in [0.29, 0.717) is 6.10 Å². The predicted molar refractivity (Wildman–Crippen MR) is 81.2 cm³/mol. The van der Waals surface area contributed by atoms with Gasteiger partial charge in [-0.3, -0.25) is 0 Å². The van der Waals surface area contributed by atoms with Gasteiger partial charge in [-0.1, -0.05) is 39.5 Å². The van der Waals surface area contributed by atoms with Crippen LogP contribution in [0.2, 0.25) is 0 Å².